The lowest BCUT2D eigenvalue weighted by molar-refractivity contribution is 0.479. The first-order chi connectivity index (χ1) is 6.06. The average molecular weight is 210 g/mol. The SMILES string of the molecule is NCCCCNCCCS(=O)(=O)O. The Morgan fingerprint density at radius 1 is 1.15 bits per heavy atom. The van der Waals surface area contributed by atoms with Gasteiger partial charge in [0.15, 0.2) is 0 Å². The van der Waals surface area contributed by atoms with Gasteiger partial charge < -0.3 is 11.1 Å². The second-order valence-corrected chi connectivity index (χ2v) is 4.46. The Bertz CT molecular complexity index is 204. The minimum atomic E-state index is -3.78. The highest BCUT2D eigenvalue weighted by Gasteiger charge is 2.02. The van der Waals surface area contributed by atoms with Crippen LogP contribution in [0.4, 0.5) is 0 Å². The monoisotopic (exact) mass is 210 g/mol. The highest BCUT2D eigenvalue weighted by Crippen LogP contribution is 1.87. The summed E-state index contributed by atoms with van der Waals surface area (Å²) in [6.45, 7) is 2.15. The van der Waals surface area contributed by atoms with E-state index < -0.39 is 10.1 Å². The fraction of sp³-hybridized carbons (Fsp3) is 1.00. The van der Waals surface area contributed by atoms with Crippen LogP contribution in [0.3, 0.4) is 0 Å². The van der Waals surface area contributed by atoms with E-state index in [-0.39, 0.29) is 5.75 Å². The van der Waals surface area contributed by atoms with Crippen molar-refractivity contribution in [1.29, 1.82) is 0 Å². The summed E-state index contributed by atoms with van der Waals surface area (Å²) >= 11 is 0. The first kappa shape index (κ1) is 12.8. The molecule has 0 atom stereocenters. The van der Waals surface area contributed by atoms with E-state index in [0.717, 1.165) is 19.4 Å². The Hall–Kier alpha value is -0.170. The third kappa shape index (κ3) is 11.8. The minimum absolute atomic E-state index is 0.170. The zero-order valence-corrected chi connectivity index (χ0v) is 8.52. The van der Waals surface area contributed by atoms with E-state index in [2.05, 4.69) is 5.32 Å². The molecule has 0 unspecified atom stereocenters. The van der Waals surface area contributed by atoms with Gasteiger partial charge in [0.1, 0.15) is 0 Å². The van der Waals surface area contributed by atoms with E-state index in [4.69, 9.17) is 10.3 Å². The van der Waals surface area contributed by atoms with Crippen LogP contribution in [-0.4, -0.2) is 38.4 Å². The summed E-state index contributed by atoms with van der Waals surface area (Å²) in [6, 6.07) is 0. The Labute approximate surface area is 79.4 Å². The van der Waals surface area contributed by atoms with Gasteiger partial charge >= 0.3 is 0 Å². The van der Waals surface area contributed by atoms with Gasteiger partial charge in [-0.25, -0.2) is 0 Å². The Morgan fingerprint density at radius 2 is 1.77 bits per heavy atom. The molecule has 4 N–H and O–H groups in total. The van der Waals surface area contributed by atoms with Gasteiger partial charge in [0.05, 0.1) is 5.75 Å². The van der Waals surface area contributed by atoms with Crippen LogP contribution >= 0.6 is 0 Å². The molecule has 0 fully saturated rings. The van der Waals surface area contributed by atoms with E-state index in [1.165, 1.54) is 0 Å². The predicted molar refractivity (Wildman–Crippen MR) is 52.2 cm³/mol. The molecule has 0 saturated carbocycles. The molecule has 0 aliphatic carbocycles. The molecular weight excluding hydrogens is 192 g/mol. The Balaban J connectivity index is 3.09. The fourth-order valence-corrected chi connectivity index (χ4v) is 1.41. The van der Waals surface area contributed by atoms with Crippen molar-refractivity contribution in [2.45, 2.75) is 19.3 Å². The van der Waals surface area contributed by atoms with E-state index in [9.17, 15) is 8.42 Å². The van der Waals surface area contributed by atoms with Gasteiger partial charge in [-0.05, 0) is 38.9 Å². The van der Waals surface area contributed by atoms with E-state index in [1.807, 2.05) is 0 Å². The molecule has 0 spiro atoms. The Morgan fingerprint density at radius 3 is 2.31 bits per heavy atom. The summed E-state index contributed by atoms with van der Waals surface area (Å²) in [7, 11) is -3.78. The zero-order valence-electron chi connectivity index (χ0n) is 7.70. The normalized spacial score (nSPS) is 11.8. The first-order valence-corrected chi connectivity index (χ1v) is 6.03. The Kier molecular flexibility index (Phi) is 7.16. The second-order valence-electron chi connectivity index (χ2n) is 2.89. The maximum atomic E-state index is 10.3. The van der Waals surface area contributed by atoms with Crippen molar-refractivity contribution in [2.24, 2.45) is 5.73 Å². The molecule has 0 aromatic carbocycles. The number of unbranched alkanes of at least 4 members (excludes halogenated alkanes) is 1. The molecule has 0 bridgehead atoms. The number of hydrogen-bond donors (Lipinski definition) is 3. The lowest BCUT2D eigenvalue weighted by atomic mass is 10.3. The lowest BCUT2D eigenvalue weighted by Crippen LogP contribution is -2.20. The number of nitrogens with two attached hydrogens (primary N) is 1. The van der Waals surface area contributed by atoms with Crippen LogP contribution in [0, 0.1) is 0 Å². The molecule has 0 aromatic rings. The summed E-state index contributed by atoms with van der Waals surface area (Å²) < 4.78 is 28.9. The molecule has 0 radical (unpaired) electrons. The first-order valence-electron chi connectivity index (χ1n) is 4.42. The predicted octanol–water partition coefficient (Wildman–Crippen LogP) is -0.407. The van der Waals surface area contributed by atoms with Crippen molar-refractivity contribution in [1.82, 2.24) is 5.32 Å². The molecule has 6 heteroatoms. The minimum Gasteiger partial charge on any atom is -0.330 e. The van der Waals surface area contributed by atoms with Gasteiger partial charge in [-0.15, -0.1) is 0 Å². The molecule has 0 aliphatic heterocycles. The summed E-state index contributed by atoms with van der Waals surface area (Å²) in [5.74, 6) is -0.170. The van der Waals surface area contributed by atoms with E-state index in [1.54, 1.807) is 0 Å². The van der Waals surface area contributed by atoms with Crippen LogP contribution in [0.1, 0.15) is 19.3 Å². The zero-order chi connectivity index (χ0) is 10.2. The van der Waals surface area contributed by atoms with Crippen LogP contribution < -0.4 is 11.1 Å². The summed E-state index contributed by atoms with van der Waals surface area (Å²) in [5.41, 5.74) is 5.29. The largest absolute Gasteiger partial charge is 0.330 e. The third-order valence-electron chi connectivity index (χ3n) is 1.56. The molecule has 0 aromatic heterocycles. The molecule has 0 heterocycles. The van der Waals surface area contributed by atoms with Crippen molar-refractivity contribution in [3.8, 4) is 0 Å². The quantitative estimate of drug-likeness (QED) is 0.374. The van der Waals surface area contributed by atoms with Gasteiger partial charge in [0.25, 0.3) is 10.1 Å². The molecule has 80 valence electrons. The van der Waals surface area contributed by atoms with Crippen LogP contribution in [0.2, 0.25) is 0 Å². The second kappa shape index (κ2) is 7.25. The van der Waals surface area contributed by atoms with Crippen LogP contribution in [-0.2, 0) is 10.1 Å². The van der Waals surface area contributed by atoms with E-state index in [0.29, 0.717) is 19.5 Å². The number of hydrogen-bond acceptors (Lipinski definition) is 4. The van der Waals surface area contributed by atoms with Crippen LogP contribution in [0.15, 0.2) is 0 Å². The maximum Gasteiger partial charge on any atom is 0.264 e. The average Bonchev–Trinajstić information content (AvgIpc) is 2.01. The van der Waals surface area contributed by atoms with Crippen molar-refractivity contribution < 1.29 is 13.0 Å². The molecule has 0 saturated heterocycles. The van der Waals surface area contributed by atoms with Crippen LogP contribution in [0.25, 0.3) is 0 Å². The maximum absolute atomic E-state index is 10.3. The highest BCUT2D eigenvalue weighted by atomic mass is 32.2. The van der Waals surface area contributed by atoms with Crippen molar-refractivity contribution in [2.75, 3.05) is 25.4 Å². The third-order valence-corrected chi connectivity index (χ3v) is 2.37. The smallest absolute Gasteiger partial charge is 0.264 e. The van der Waals surface area contributed by atoms with Crippen molar-refractivity contribution in [3.05, 3.63) is 0 Å². The molecule has 13 heavy (non-hydrogen) atoms. The number of rotatable bonds is 8. The van der Waals surface area contributed by atoms with Crippen molar-refractivity contribution >= 4 is 10.1 Å². The highest BCUT2D eigenvalue weighted by molar-refractivity contribution is 7.85. The fourth-order valence-electron chi connectivity index (χ4n) is 0.899. The van der Waals surface area contributed by atoms with E-state index >= 15 is 0 Å². The lowest BCUT2D eigenvalue weighted by Gasteiger charge is -2.02. The van der Waals surface area contributed by atoms with Gasteiger partial charge in [0.2, 0.25) is 0 Å². The summed E-state index contributed by atoms with van der Waals surface area (Å²) in [5, 5.41) is 3.06. The molecule has 0 aliphatic rings. The molecular formula is C7H18N2O3S. The van der Waals surface area contributed by atoms with Gasteiger partial charge in [0, 0.05) is 0 Å². The topological polar surface area (TPSA) is 92.4 Å². The van der Waals surface area contributed by atoms with Gasteiger partial charge in [-0.2, -0.15) is 8.42 Å². The summed E-state index contributed by atoms with van der Waals surface area (Å²) in [6.07, 6.45) is 2.43. The molecule has 0 amide bonds. The van der Waals surface area contributed by atoms with Crippen molar-refractivity contribution in [3.63, 3.8) is 0 Å². The number of nitrogens with one attached hydrogen (secondary N) is 1. The standard InChI is InChI=1S/C7H18N2O3S/c8-4-1-2-5-9-6-3-7-13(10,11)12/h9H,1-8H2,(H,10,11,12). The van der Waals surface area contributed by atoms with Crippen LogP contribution in [0.5, 0.6) is 0 Å². The van der Waals surface area contributed by atoms with Gasteiger partial charge in [-0.3, -0.25) is 4.55 Å². The van der Waals surface area contributed by atoms with Gasteiger partial charge in [-0.1, -0.05) is 0 Å². The molecule has 5 nitrogen and oxygen atoms in total. The summed E-state index contributed by atoms with van der Waals surface area (Å²) in [4.78, 5) is 0. The molecule has 0 rings (SSSR count).